The summed E-state index contributed by atoms with van der Waals surface area (Å²) in [5, 5.41) is 7.60. The lowest BCUT2D eigenvalue weighted by atomic mass is 10.1. The van der Waals surface area contributed by atoms with E-state index in [1.54, 1.807) is 30.9 Å². The van der Waals surface area contributed by atoms with Crippen LogP contribution in [0, 0.1) is 0 Å². The molecule has 1 aromatic carbocycles. The lowest BCUT2D eigenvalue weighted by molar-refractivity contribution is -0.00805. The number of aliphatic imine (C=N–C) groups is 1. The van der Waals surface area contributed by atoms with Gasteiger partial charge in [-0.1, -0.05) is 12.1 Å². The molecule has 2 heterocycles. The molecule has 170 valence electrons. The minimum atomic E-state index is -3.48. The average Bonchev–Trinajstić information content (AvgIpc) is 3.20. The maximum absolute atomic E-state index is 12.6. The number of guanidine groups is 1. The zero-order valence-corrected chi connectivity index (χ0v) is 19.6. The van der Waals surface area contributed by atoms with Crippen molar-refractivity contribution in [2.45, 2.75) is 37.4 Å². The first kappa shape index (κ1) is 23.2. The van der Waals surface area contributed by atoms with Gasteiger partial charge < -0.3 is 15.0 Å². The standard InChI is InChI=1S/C21H32N6O3S/c1-16(2)26(5)31(28,29)19-8-6-17(7-9-19)12-23-21(22-3)27-10-11-30-20(15-27)18-13-24-25(4)14-18/h6-9,13-14,16,20H,10-12,15H2,1-5H3,(H,22,23). The first-order valence-electron chi connectivity index (χ1n) is 10.3. The minimum Gasteiger partial charge on any atom is -0.370 e. The van der Waals surface area contributed by atoms with E-state index in [2.05, 4.69) is 20.3 Å². The SMILES string of the molecule is CN=C(NCc1ccc(S(=O)(=O)N(C)C(C)C)cc1)N1CCOC(c2cnn(C)c2)C1. The Morgan fingerprint density at radius 2 is 2.06 bits per heavy atom. The molecule has 1 aliphatic heterocycles. The molecule has 10 heteroatoms. The summed E-state index contributed by atoms with van der Waals surface area (Å²) in [7, 11) is 1.77. The van der Waals surface area contributed by atoms with Gasteiger partial charge in [-0.15, -0.1) is 0 Å². The summed E-state index contributed by atoms with van der Waals surface area (Å²) in [6, 6.07) is 6.87. The van der Waals surface area contributed by atoms with E-state index in [9.17, 15) is 8.42 Å². The Balaban J connectivity index is 1.62. The Morgan fingerprint density at radius 1 is 1.35 bits per heavy atom. The molecular weight excluding hydrogens is 416 g/mol. The second kappa shape index (κ2) is 9.80. The van der Waals surface area contributed by atoms with E-state index in [-0.39, 0.29) is 12.1 Å². The fourth-order valence-corrected chi connectivity index (χ4v) is 4.75. The molecular formula is C21H32N6O3S. The average molecular weight is 449 g/mol. The highest BCUT2D eigenvalue weighted by Gasteiger charge is 2.25. The van der Waals surface area contributed by atoms with Crippen molar-refractivity contribution in [3.63, 3.8) is 0 Å². The number of nitrogens with zero attached hydrogens (tertiary/aromatic N) is 5. The van der Waals surface area contributed by atoms with Crippen LogP contribution in [0.3, 0.4) is 0 Å². The summed E-state index contributed by atoms with van der Waals surface area (Å²) in [4.78, 5) is 6.87. The van der Waals surface area contributed by atoms with E-state index in [0.29, 0.717) is 24.6 Å². The maximum atomic E-state index is 12.6. The van der Waals surface area contributed by atoms with Crippen molar-refractivity contribution < 1.29 is 13.2 Å². The van der Waals surface area contributed by atoms with Crippen LogP contribution in [0.1, 0.15) is 31.1 Å². The van der Waals surface area contributed by atoms with E-state index in [1.807, 2.05) is 45.4 Å². The summed E-state index contributed by atoms with van der Waals surface area (Å²) < 4.78 is 34.3. The van der Waals surface area contributed by atoms with Gasteiger partial charge in [0.25, 0.3) is 0 Å². The zero-order chi connectivity index (χ0) is 22.6. The third-order valence-corrected chi connectivity index (χ3v) is 7.50. The fraction of sp³-hybridized carbons (Fsp3) is 0.524. The molecule has 0 saturated carbocycles. The second-order valence-corrected chi connectivity index (χ2v) is 9.91. The van der Waals surface area contributed by atoms with Crippen LogP contribution in [0.25, 0.3) is 0 Å². The third kappa shape index (κ3) is 5.44. The Bertz CT molecular complexity index is 1000. The van der Waals surface area contributed by atoms with Gasteiger partial charge in [-0.25, -0.2) is 8.42 Å². The Morgan fingerprint density at radius 3 is 2.65 bits per heavy atom. The smallest absolute Gasteiger partial charge is 0.243 e. The van der Waals surface area contributed by atoms with Crippen molar-refractivity contribution in [1.82, 2.24) is 24.3 Å². The second-order valence-electron chi connectivity index (χ2n) is 7.91. The monoisotopic (exact) mass is 448 g/mol. The summed E-state index contributed by atoms with van der Waals surface area (Å²) >= 11 is 0. The zero-order valence-electron chi connectivity index (χ0n) is 18.8. The first-order chi connectivity index (χ1) is 14.7. The number of ether oxygens (including phenoxy) is 1. The molecule has 0 aliphatic carbocycles. The van der Waals surface area contributed by atoms with Gasteiger partial charge in [-0.2, -0.15) is 9.40 Å². The van der Waals surface area contributed by atoms with E-state index in [1.165, 1.54) is 4.31 Å². The summed E-state index contributed by atoms with van der Waals surface area (Å²) in [6.45, 7) is 6.29. The molecule has 0 amide bonds. The van der Waals surface area contributed by atoms with Crippen LogP contribution in [0.2, 0.25) is 0 Å². The highest BCUT2D eigenvalue weighted by molar-refractivity contribution is 7.89. The van der Waals surface area contributed by atoms with E-state index in [0.717, 1.165) is 23.6 Å². The lowest BCUT2D eigenvalue weighted by Crippen LogP contribution is -2.47. The third-order valence-electron chi connectivity index (χ3n) is 5.45. The van der Waals surface area contributed by atoms with Crippen LogP contribution in [0.15, 0.2) is 46.5 Å². The summed E-state index contributed by atoms with van der Waals surface area (Å²) in [5.41, 5.74) is 2.02. The molecule has 3 rings (SSSR count). The Labute approximate surface area is 184 Å². The van der Waals surface area contributed by atoms with Crippen LogP contribution in [0.4, 0.5) is 0 Å². The number of rotatable bonds is 6. The highest BCUT2D eigenvalue weighted by Crippen LogP contribution is 2.22. The van der Waals surface area contributed by atoms with Gasteiger partial charge in [-0.05, 0) is 31.5 Å². The molecule has 9 nitrogen and oxygen atoms in total. The fourth-order valence-electron chi connectivity index (χ4n) is 3.39. The van der Waals surface area contributed by atoms with E-state index in [4.69, 9.17) is 4.74 Å². The molecule has 31 heavy (non-hydrogen) atoms. The molecule has 1 aliphatic rings. The van der Waals surface area contributed by atoms with Crippen LogP contribution in [-0.4, -0.2) is 73.2 Å². The van der Waals surface area contributed by atoms with Gasteiger partial charge in [0.1, 0.15) is 6.10 Å². The van der Waals surface area contributed by atoms with Crippen LogP contribution in [0.5, 0.6) is 0 Å². The Hall–Kier alpha value is -2.43. The van der Waals surface area contributed by atoms with Gasteiger partial charge in [0.05, 0.1) is 24.2 Å². The van der Waals surface area contributed by atoms with Crippen molar-refractivity contribution in [2.24, 2.45) is 12.0 Å². The molecule has 1 aromatic heterocycles. The van der Waals surface area contributed by atoms with Gasteiger partial charge in [-0.3, -0.25) is 9.67 Å². The summed E-state index contributed by atoms with van der Waals surface area (Å²) in [5.74, 6) is 0.786. The van der Waals surface area contributed by atoms with E-state index >= 15 is 0 Å². The number of aromatic nitrogens is 2. The number of hydrogen-bond donors (Lipinski definition) is 1. The summed E-state index contributed by atoms with van der Waals surface area (Å²) in [6.07, 6.45) is 3.75. The topological polar surface area (TPSA) is 92.1 Å². The van der Waals surface area contributed by atoms with Crippen molar-refractivity contribution in [3.05, 3.63) is 47.8 Å². The first-order valence-corrected chi connectivity index (χ1v) is 11.8. The number of benzene rings is 1. The minimum absolute atomic E-state index is 0.0524. The van der Waals surface area contributed by atoms with E-state index < -0.39 is 10.0 Å². The molecule has 0 spiro atoms. The number of morpholine rings is 1. The molecule has 0 radical (unpaired) electrons. The van der Waals surface area contributed by atoms with Crippen LogP contribution < -0.4 is 5.32 Å². The van der Waals surface area contributed by atoms with Gasteiger partial charge in [0.2, 0.25) is 10.0 Å². The predicted molar refractivity (Wildman–Crippen MR) is 120 cm³/mol. The van der Waals surface area contributed by atoms with Crippen molar-refractivity contribution >= 4 is 16.0 Å². The lowest BCUT2D eigenvalue weighted by Gasteiger charge is -2.34. The van der Waals surface area contributed by atoms with Gasteiger partial charge in [0.15, 0.2) is 5.96 Å². The van der Waals surface area contributed by atoms with Crippen molar-refractivity contribution in [1.29, 1.82) is 0 Å². The molecule has 1 fully saturated rings. The molecule has 1 saturated heterocycles. The molecule has 1 atom stereocenters. The van der Waals surface area contributed by atoms with Gasteiger partial charge >= 0.3 is 0 Å². The maximum Gasteiger partial charge on any atom is 0.243 e. The van der Waals surface area contributed by atoms with Crippen LogP contribution in [-0.2, 0) is 28.4 Å². The highest BCUT2D eigenvalue weighted by atomic mass is 32.2. The Kier molecular flexibility index (Phi) is 7.34. The number of sulfonamides is 1. The number of aryl methyl sites for hydroxylation is 1. The molecule has 1 unspecified atom stereocenters. The number of nitrogens with one attached hydrogen (secondary N) is 1. The predicted octanol–water partition coefficient (Wildman–Crippen LogP) is 1.60. The molecule has 1 N–H and O–H groups in total. The van der Waals surface area contributed by atoms with Gasteiger partial charge in [0, 0.05) is 52.0 Å². The largest absolute Gasteiger partial charge is 0.370 e. The molecule has 0 bridgehead atoms. The number of hydrogen-bond acceptors (Lipinski definition) is 5. The quantitative estimate of drug-likeness (QED) is 0.533. The van der Waals surface area contributed by atoms with Crippen LogP contribution >= 0.6 is 0 Å². The van der Waals surface area contributed by atoms with Crippen molar-refractivity contribution in [3.8, 4) is 0 Å². The normalized spacial score (nSPS) is 18.1. The molecule has 2 aromatic rings. The van der Waals surface area contributed by atoms with Crippen molar-refractivity contribution in [2.75, 3.05) is 33.8 Å².